The van der Waals surface area contributed by atoms with Crippen molar-refractivity contribution in [2.45, 2.75) is 45.1 Å². The number of anilines is 1. The molecule has 0 spiro atoms. The quantitative estimate of drug-likeness (QED) is 0.556. The fourth-order valence-corrected chi connectivity index (χ4v) is 3.45. The van der Waals surface area contributed by atoms with Gasteiger partial charge >= 0.3 is 5.88 Å². The van der Waals surface area contributed by atoms with Gasteiger partial charge in [-0.05, 0) is 43.5 Å². The highest BCUT2D eigenvalue weighted by Crippen LogP contribution is 2.34. The topological polar surface area (TPSA) is 85.6 Å². The number of imidazole rings is 1. The summed E-state index contributed by atoms with van der Waals surface area (Å²) in [6.45, 7) is 2.01. The van der Waals surface area contributed by atoms with Gasteiger partial charge in [0.1, 0.15) is 22.1 Å². The molecule has 1 saturated carbocycles. The Balaban J connectivity index is 1.80. The van der Waals surface area contributed by atoms with Gasteiger partial charge in [-0.25, -0.2) is 4.98 Å². The molecule has 1 aliphatic rings. The zero-order valence-corrected chi connectivity index (χ0v) is 14.1. The molecule has 0 unspecified atom stereocenters. The Morgan fingerprint density at radius 3 is 2.80 bits per heavy atom. The fourth-order valence-electron chi connectivity index (χ4n) is 3.45. The summed E-state index contributed by atoms with van der Waals surface area (Å²) < 4.78 is 7.40. The van der Waals surface area contributed by atoms with Gasteiger partial charge in [-0.3, -0.25) is 14.5 Å². The minimum atomic E-state index is -0.530. The van der Waals surface area contributed by atoms with Gasteiger partial charge in [-0.15, -0.1) is 0 Å². The highest BCUT2D eigenvalue weighted by Gasteiger charge is 2.23. The minimum absolute atomic E-state index is 0.271. The summed E-state index contributed by atoms with van der Waals surface area (Å²) in [7, 11) is 0. The van der Waals surface area contributed by atoms with Crippen molar-refractivity contribution in [2.24, 2.45) is 0 Å². The average Bonchev–Trinajstić information content (AvgIpc) is 3.21. The van der Waals surface area contributed by atoms with Gasteiger partial charge in [0.25, 0.3) is 0 Å². The number of furan rings is 1. The van der Waals surface area contributed by atoms with E-state index in [1.807, 2.05) is 29.7 Å². The summed E-state index contributed by atoms with van der Waals surface area (Å²) in [4.78, 5) is 15.1. The first-order chi connectivity index (χ1) is 12.1. The van der Waals surface area contributed by atoms with Gasteiger partial charge in [0.05, 0.1) is 6.07 Å². The highest BCUT2D eigenvalue weighted by molar-refractivity contribution is 5.74. The van der Waals surface area contributed by atoms with Crippen molar-refractivity contribution in [3.8, 4) is 11.5 Å². The van der Waals surface area contributed by atoms with Crippen molar-refractivity contribution in [2.75, 3.05) is 5.32 Å². The Kier molecular flexibility index (Phi) is 3.91. The SMILES string of the molecule is Cc1ccn2c(NC3CCCCC3)c(-c3ccc([N+](=O)[O-])o3)nc2c1. The van der Waals surface area contributed by atoms with Crippen LogP contribution >= 0.6 is 0 Å². The third-order valence-electron chi connectivity index (χ3n) is 4.73. The van der Waals surface area contributed by atoms with Crippen LogP contribution < -0.4 is 5.32 Å². The maximum absolute atomic E-state index is 10.9. The summed E-state index contributed by atoms with van der Waals surface area (Å²) in [6.07, 6.45) is 7.93. The molecule has 0 atom stereocenters. The first kappa shape index (κ1) is 15.7. The Labute approximate surface area is 144 Å². The number of hydrogen-bond donors (Lipinski definition) is 1. The molecule has 7 heteroatoms. The van der Waals surface area contributed by atoms with E-state index in [-0.39, 0.29) is 5.88 Å². The number of pyridine rings is 1. The van der Waals surface area contributed by atoms with E-state index in [1.54, 1.807) is 6.07 Å². The second kappa shape index (κ2) is 6.23. The molecule has 0 saturated heterocycles. The lowest BCUT2D eigenvalue weighted by Crippen LogP contribution is -2.23. The van der Waals surface area contributed by atoms with Crippen molar-refractivity contribution < 1.29 is 9.34 Å². The summed E-state index contributed by atoms with van der Waals surface area (Å²) in [5.74, 6) is 0.976. The molecule has 0 radical (unpaired) electrons. The zero-order valence-electron chi connectivity index (χ0n) is 14.1. The Bertz CT molecular complexity index is 922. The van der Waals surface area contributed by atoms with Gasteiger partial charge in [-0.2, -0.15) is 0 Å². The predicted octanol–water partition coefficient (Wildman–Crippen LogP) is 4.56. The van der Waals surface area contributed by atoms with E-state index >= 15 is 0 Å². The molecule has 0 bridgehead atoms. The van der Waals surface area contributed by atoms with Crippen molar-refractivity contribution in [3.63, 3.8) is 0 Å². The van der Waals surface area contributed by atoms with Gasteiger partial charge in [0, 0.05) is 12.2 Å². The fraction of sp³-hybridized carbons (Fsp3) is 0.389. The van der Waals surface area contributed by atoms with Crippen LogP contribution in [0.3, 0.4) is 0 Å². The van der Waals surface area contributed by atoms with Gasteiger partial charge < -0.3 is 9.73 Å². The summed E-state index contributed by atoms with van der Waals surface area (Å²) in [5.41, 5.74) is 2.52. The van der Waals surface area contributed by atoms with E-state index in [0.717, 1.165) is 29.9 Å². The van der Waals surface area contributed by atoms with Crippen LogP contribution in [0.2, 0.25) is 0 Å². The lowest BCUT2D eigenvalue weighted by atomic mass is 9.95. The molecule has 1 aliphatic carbocycles. The number of aromatic nitrogens is 2. The molecule has 25 heavy (non-hydrogen) atoms. The number of nitro groups is 1. The van der Waals surface area contributed by atoms with Crippen LogP contribution in [0.1, 0.15) is 37.7 Å². The van der Waals surface area contributed by atoms with Gasteiger partial charge in [0.2, 0.25) is 0 Å². The van der Waals surface area contributed by atoms with E-state index in [2.05, 4.69) is 10.3 Å². The van der Waals surface area contributed by atoms with Crippen LogP contribution in [0.15, 0.2) is 34.9 Å². The van der Waals surface area contributed by atoms with E-state index < -0.39 is 4.92 Å². The summed E-state index contributed by atoms with van der Waals surface area (Å²) in [5, 5.41) is 14.5. The molecular weight excluding hydrogens is 320 g/mol. The maximum atomic E-state index is 10.9. The number of fused-ring (bicyclic) bond motifs is 1. The van der Waals surface area contributed by atoms with Crippen LogP contribution in [-0.2, 0) is 0 Å². The number of nitrogens with zero attached hydrogens (tertiary/aromatic N) is 3. The van der Waals surface area contributed by atoms with Crippen molar-refractivity contribution in [3.05, 3.63) is 46.1 Å². The molecular formula is C18H20N4O3. The maximum Gasteiger partial charge on any atom is 0.433 e. The van der Waals surface area contributed by atoms with Crippen LogP contribution in [0.5, 0.6) is 0 Å². The number of hydrogen-bond acceptors (Lipinski definition) is 5. The molecule has 3 aromatic heterocycles. The molecule has 4 rings (SSSR count). The first-order valence-corrected chi connectivity index (χ1v) is 8.61. The molecule has 1 fully saturated rings. The Morgan fingerprint density at radius 2 is 2.08 bits per heavy atom. The Hall–Kier alpha value is -2.83. The molecule has 0 aliphatic heterocycles. The largest absolute Gasteiger partial charge is 0.433 e. The number of rotatable bonds is 4. The van der Waals surface area contributed by atoms with Crippen molar-refractivity contribution in [1.29, 1.82) is 0 Å². The highest BCUT2D eigenvalue weighted by atomic mass is 16.6. The standard InChI is InChI=1S/C18H20N4O3/c1-12-9-10-21-15(11-12)20-17(14-7-8-16(25-14)22(23)24)18(21)19-13-5-3-2-4-6-13/h7-11,13,19H,2-6H2,1H3. The van der Waals surface area contributed by atoms with E-state index in [4.69, 9.17) is 4.42 Å². The number of aryl methyl sites for hydroxylation is 1. The molecule has 130 valence electrons. The monoisotopic (exact) mass is 340 g/mol. The second-order valence-electron chi connectivity index (χ2n) is 6.62. The average molecular weight is 340 g/mol. The van der Waals surface area contributed by atoms with Gasteiger partial charge in [-0.1, -0.05) is 19.3 Å². The predicted molar refractivity (Wildman–Crippen MR) is 94.8 cm³/mol. The third-order valence-corrected chi connectivity index (χ3v) is 4.73. The smallest absolute Gasteiger partial charge is 0.399 e. The molecule has 3 heterocycles. The first-order valence-electron chi connectivity index (χ1n) is 8.61. The Morgan fingerprint density at radius 1 is 1.28 bits per heavy atom. The van der Waals surface area contributed by atoms with Crippen molar-refractivity contribution in [1.82, 2.24) is 9.38 Å². The lowest BCUT2D eigenvalue weighted by molar-refractivity contribution is -0.401. The van der Waals surface area contributed by atoms with E-state index in [0.29, 0.717) is 17.5 Å². The summed E-state index contributed by atoms with van der Waals surface area (Å²) >= 11 is 0. The van der Waals surface area contributed by atoms with Crippen LogP contribution in [-0.4, -0.2) is 20.3 Å². The molecule has 0 aromatic carbocycles. The molecule has 1 N–H and O–H groups in total. The van der Waals surface area contributed by atoms with E-state index in [9.17, 15) is 10.1 Å². The third kappa shape index (κ3) is 2.97. The van der Waals surface area contributed by atoms with Crippen LogP contribution in [0.4, 0.5) is 11.7 Å². The lowest BCUT2D eigenvalue weighted by Gasteiger charge is -2.23. The molecule has 3 aromatic rings. The van der Waals surface area contributed by atoms with Crippen LogP contribution in [0, 0.1) is 17.0 Å². The second-order valence-corrected chi connectivity index (χ2v) is 6.62. The normalized spacial score (nSPS) is 15.6. The summed E-state index contributed by atoms with van der Waals surface area (Å²) in [6, 6.07) is 7.38. The van der Waals surface area contributed by atoms with Crippen LogP contribution in [0.25, 0.3) is 17.1 Å². The number of nitrogens with one attached hydrogen (secondary N) is 1. The minimum Gasteiger partial charge on any atom is -0.399 e. The van der Waals surface area contributed by atoms with Gasteiger partial charge in [0.15, 0.2) is 5.76 Å². The molecule has 7 nitrogen and oxygen atoms in total. The van der Waals surface area contributed by atoms with E-state index in [1.165, 1.54) is 25.3 Å². The van der Waals surface area contributed by atoms with Crippen molar-refractivity contribution >= 4 is 17.3 Å². The zero-order chi connectivity index (χ0) is 17.4. The molecule has 0 amide bonds.